The minimum Gasteiger partial charge on any atom is -0.493 e. The molecule has 0 heterocycles. The molecule has 1 unspecified atom stereocenters. The highest BCUT2D eigenvalue weighted by Gasteiger charge is 2.21. The van der Waals surface area contributed by atoms with Crippen LogP contribution in [0.2, 0.25) is 0 Å². The van der Waals surface area contributed by atoms with Gasteiger partial charge in [-0.15, -0.1) is 0 Å². The summed E-state index contributed by atoms with van der Waals surface area (Å²) in [6, 6.07) is 8.08. The number of rotatable bonds is 4. The normalized spacial score (nSPS) is 12.3. The van der Waals surface area contributed by atoms with E-state index in [4.69, 9.17) is 4.74 Å². The van der Waals surface area contributed by atoms with Crippen molar-refractivity contribution in [2.45, 2.75) is 18.7 Å². The maximum Gasteiger partial charge on any atom is 0.133 e. The van der Waals surface area contributed by atoms with E-state index in [1.54, 1.807) is 25.1 Å². The minimum atomic E-state index is -0.565. The summed E-state index contributed by atoms with van der Waals surface area (Å²) in [6.45, 7) is 4.06. The molecule has 0 radical (unpaired) electrons. The zero-order valence-corrected chi connectivity index (χ0v) is 14.8. The lowest BCUT2D eigenvalue weighted by Crippen LogP contribution is -2.03. The molecule has 2 rings (SSSR count). The Balaban J connectivity index is 2.43. The Morgan fingerprint density at radius 2 is 1.90 bits per heavy atom. The molecule has 0 fully saturated rings. The molecular formula is C16H14Br2F2O. The van der Waals surface area contributed by atoms with Gasteiger partial charge in [-0.25, -0.2) is 8.78 Å². The second-order valence-corrected chi connectivity index (χ2v) is 6.35. The van der Waals surface area contributed by atoms with Crippen LogP contribution in [0.4, 0.5) is 8.78 Å². The summed E-state index contributed by atoms with van der Waals surface area (Å²) >= 11 is 6.79. The maximum atomic E-state index is 14.2. The van der Waals surface area contributed by atoms with Gasteiger partial charge >= 0.3 is 0 Å². The predicted octanol–water partition coefficient (Wildman–Crippen LogP) is 5.92. The van der Waals surface area contributed by atoms with Gasteiger partial charge in [0.2, 0.25) is 0 Å². The minimum absolute atomic E-state index is 0.0195. The van der Waals surface area contributed by atoms with Gasteiger partial charge in [0, 0.05) is 5.56 Å². The van der Waals surface area contributed by atoms with Crippen molar-refractivity contribution in [2.24, 2.45) is 0 Å². The molecule has 0 bridgehead atoms. The van der Waals surface area contributed by atoms with Gasteiger partial charge in [0.05, 0.1) is 15.9 Å². The van der Waals surface area contributed by atoms with E-state index in [1.807, 2.05) is 6.92 Å². The molecule has 5 heteroatoms. The third kappa shape index (κ3) is 3.46. The summed E-state index contributed by atoms with van der Waals surface area (Å²) in [6.07, 6.45) is 0. The molecule has 0 N–H and O–H groups in total. The Morgan fingerprint density at radius 1 is 1.19 bits per heavy atom. The van der Waals surface area contributed by atoms with Crippen molar-refractivity contribution in [1.29, 1.82) is 0 Å². The number of hydrogen-bond acceptors (Lipinski definition) is 1. The average Bonchev–Trinajstić information content (AvgIpc) is 2.45. The van der Waals surface area contributed by atoms with Crippen LogP contribution in [0.5, 0.6) is 5.75 Å². The van der Waals surface area contributed by atoms with E-state index >= 15 is 0 Å². The van der Waals surface area contributed by atoms with Gasteiger partial charge in [-0.05, 0) is 59.1 Å². The zero-order valence-electron chi connectivity index (χ0n) is 11.6. The largest absolute Gasteiger partial charge is 0.493 e. The van der Waals surface area contributed by atoms with Crippen LogP contribution in [-0.4, -0.2) is 6.61 Å². The number of halogens is 4. The molecule has 1 atom stereocenters. The highest BCUT2D eigenvalue weighted by molar-refractivity contribution is 9.10. The monoisotopic (exact) mass is 418 g/mol. The predicted molar refractivity (Wildman–Crippen MR) is 87.2 cm³/mol. The molecule has 0 aliphatic heterocycles. The van der Waals surface area contributed by atoms with Gasteiger partial charge in [-0.3, -0.25) is 0 Å². The number of alkyl halides is 1. The Bertz CT molecular complexity index is 659. The average molecular weight is 420 g/mol. The van der Waals surface area contributed by atoms with Crippen LogP contribution < -0.4 is 4.74 Å². The van der Waals surface area contributed by atoms with Crippen molar-refractivity contribution in [3.63, 3.8) is 0 Å². The summed E-state index contributed by atoms with van der Waals surface area (Å²) in [4.78, 5) is -0.565. The lowest BCUT2D eigenvalue weighted by atomic mass is 10.0. The molecule has 0 amide bonds. The van der Waals surface area contributed by atoms with Crippen LogP contribution in [0.1, 0.15) is 28.4 Å². The maximum absolute atomic E-state index is 14.2. The molecule has 0 aliphatic carbocycles. The molecule has 21 heavy (non-hydrogen) atoms. The molecular weight excluding hydrogens is 406 g/mol. The molecule has 0 saturated carbocycles. The quantitative estimate of drug-likeness (QED) is 0.559. The van der Waals surface area contributed by atoms with Crippen molar-refractivity contribution in [2.75, 3.05) is 6.61 Å². The van der Waals surface area contributed by atoms with Crippen LogP contribution >= 0.6 is 31.9 Å². The molecule has 0 saturated heterocycles. The van der Waals surface area contributed by atoms with E-state index in [0.717, 1.165) is 10.0 Å². The van der Waals surface area contributed by atoms with Gasteiger partial charge < -0.3 is 4.74 Å². The van der Waals surface area contributed by atoms with E-state index < -0.39 is 16.5 Å². The molecule has 0 aromatic heterocycles. The summed E-state index contributed by atoms with van der Waals surface area (Å²) in [5, 5.41) is 0. The number of aryl methyl sites for hydroxylation is 1. The van der Waals surface area contributed by atoms with Crippen LogP contribution in [0.3, 0.4) is 0 Å². The van der Waals surface area contributed by atoms with Gasteiger partial charge in [-0.2, -0.15) is 0 Å². The molecule has 1 nitrogen and oxygen atoms in total. The second kappa shape index (κ2) is 6.88. The highest BCUT2D eigenvalue weighted by atomic mass is 79.9. The first-order chi connectivity index (χ1) is 9.95. The van der Waals surface area contributed by atoms with E-state index in [2.05, 4.69) is 31.9 Å². The first-order valence-corrected chi connectivity index (χ1v) is 8.17. The third-order valence-electron chi connectivity index (χ3n) is 3.12. The summed E-state index contributed by atoms with van der Waals surface area (Å²) in [7, 11) is 0. The smallest absolute Gasteiger partial charge is 0.133 e. The van der Waals surface area contributed by atoms with E-state index in [-0.39, 0.29) is 5.56 Å². The van der Waals surface area contributed by atoms with Crippen molar-refractivity contribution < 1.29 is 13.5 Å². The van der Waals surface area contributed by atoms with Crippen molar-refractivity contribution in [3.05, 3.63) is 63.1 Å². The van der Waals surface area contributed by atoms with Crippen LogP contribution in [-0.2, 0) is 0 Å². The van der Waals surface area contributed by atoms with Gasteiger partial charge in [0.25, 0.3) is 0 Å². The lowest BCUT2D eigenvalue weighted by Gasteiger charge is -2.15. The Morgan fingerprint density at radius 3 is 2.52 bits per heavy atom. The van der Waals surface area contributed by atoms with E-state index in [1.165, 1.54) is 12.1 Å². The van der Waals surface area contributed by atoms with Gasteiger partial charge in [-0.1, -0.05) is 28.1 Å². The summed E-state index contributed by atoms with van der Waals surface area (Å²) < 4.78 is 34.3. The molecule has 2 aromatic carbocycles. The molecule has 0 spiro atoms. The highest BCUT2D eigenvalue weighted by Crippen LogP contribution is 2.38. The van der Waals surface area contributed by atoms with Gasteiger partial charge in [0.1, 0.15) is 17.4 Å². The lowest BCUT2D eigenvalue weighted by molar-refractivity contribution is 0.338. The first kappa shape index (κ1) is 16.4. The van der Waals surface area contributed by atoms with Crippen LogP contribution in [0, 0.1) is 18.6 Å². The third-order valence-corrected chi connectivity index (χ3v) is 4.73. The zero-order chi connectivity index (χ0) is 15.6. The van der Waals surface area contributed by atoms with E-state index in [9.17, 15) is 8.78 Å². The first-order valence-electron chi connectivity index (χ1n) is 6.46. The Labute approximate surface area is 139 Å². The fourth-order valence-corrected chi connectivity index (χ4v) is 3.24. The van der Waals surface area contributed by atoms with Crippen molar-refractivity contribution >= 4 is 31.9 Å². The van der Waals surface area contributed by atoms with Crippen molar-refractivity contribution in [1.82, 2.24) is 0 Å². The Hall–Kier alpha value is -0.940. The fourth-order valence-electron chi connectivity index (χ4n) is 2.02. The standard InChI is InChI=1S/C16H14Br2F2O/c1-3-21-13-7-5-10(8-11(13)17)15(18)14-12(19)6-4-9(2)16(14)20/h4-8,15H,3H2,1-2H3. The second-order valence-electron chi connectivity index (χ2n) is 4.58. The fraction of sp³-hybridized carbons (Fsp3) is 0.250. The topological polar surface area (TPSA) is 9.23 Å². The van der Waals surface area contributed by atoms with E-state index in [0.29, 0.717) is 17.9 Å². The number of ether oxygens (including phenoxy) is 1. The number of benzene rings is 2. The molecule has 0 aliphatic rings. The number of hydrogen-bond donors (Lipinski definition) is 0. The molecule has 112 valence electrons. The van der Waals surface area contributed by atoms with Crippen LogP contribution in [0.15, 0.2) is 34.8 Å². The van der Waals surface area contributed by atoms with Gasteiger partial charge in [0.15, 0.2) is 0 Å². The van der Waals surface area contributed by atoms with Crippen molar-refractivity contribution in [3.8, 4) is 5.75 Å². The SMILES string of the molecule is CCOc1ccc(C(Br)c2c(F)ccc(C)c2F)cc1Br. The Kier molecular flexibility index (Phi) is 5.38. The molecule has 2 aromatic rings. The van der Waals surface area contributed by atoms with Crippen LogP contribution in [0.25, 0.3) is 0 Å². The summed E-state index contributed by atoms with van der Waals surface area (Å²) in [5.74, 6) is -0.391. The summed E-state index contributed by atoms with van der Waals surface area (Å²) in [5.41, 5.74) is 1.18.